The molecule has 0 aromatic heterocycles. The number of rotatable bonds is 5. The zero-order valence-electron chi connectivity index (χ0n) is 12.1. The summed E-state index contributed by atoms with van der Waals surface area (Å²) in [4.78, 5) is 2.41. The fourth-order valence-electron chi connectivity index (χ4n) is 2.56. The minimum atomic E-state index is 0.324. The lowest BCUT2D eigenvalue weighted by Crippen LogP contribution is -2.39. The van der Waals surface area contributed by atoms with E-state index in [1.54, 1.807) is 0 Å². The van der Waals surface area contributed by atoms with Crippen LogP contribution in [0.5, 0.6) is 5.75 Å². The molecule has 1 aromatic carbocycles. The van der Waals surface area contributed by atoms with E-state index in [1.807, 2.05) is 0 Å². The third-order valence-electron chi connectivity index (χ3n) is 3.94. The van der Waals surface area contributed by atoms with E-state index in [4.69, 9.17) is 10.5 Å². The van der Waals surface area contributed by atoms with Gasteiger partial charge in [-0.15, -0.1) is 0 Å². The van der Waals surface area contributed by atoms with Crippen LogP contribution in [0.4, 0.5) is 5.69 Å². The zero-order chi connectivity index (χ0) is 13.7. The molecule has 3 nitrogen and oxygen atoms in total. The number of piperidine rings is 1. The molecule has 0 saturated carbocycles. The third-order valence-corrected chi connectivity index (χ3v) is 3.94. The number of benzene rings is 1. The molecule has 1 fully saturated rings. The molecule has 3 heteroatoms. The molecule has 1 saturated heterocycles. The molecular formula is C16H26N2O. The average Bonchev–Trinajstić information content (AvgIpc) is 2.46. The highest BCUT2D eigenvalue weighted by atomic mass is 16.5. The van der Waals surface area contributed by atoms with Gasteiger partial charge in [-0.25, -0.2) is 0 Å². The summed E-state index contributed by atoms with van der Waals surface area (Å²) in [5.74, 6) is 0.987. The average molecular weight is 262 g/mol. The molecule has 0 unspecified atom stereocenters. The maximum Gasteiger partial charge on any atom is 0.121 e. The van der Waals surface area contributed by atoms with Crippen molar-refractivity contribution < 1.29 is 4.74 Å². The number of nitrogens with zero attached hydrogens (tertiary/aromatic N) is 1. The van der Waals surface area contributed by atoms with Crippen molar-refractivity contribution in [2.24, 2.45) is 5.73 Å². The first-order chi connectivity index (χ1) is 9.22. The SMILES string of the molecule is CCC(CC)Oc1cccc(N2CCC(N)CC2)c1. The number of hydrogen-bond donors (Lipinski definition) is 1. The van der Waals surface area contributed by atoms with Crippen LogP contribution in [0.25, 0.3) is 0 Å². The van der Waals surface area contributed by atoms with Gasteiger partial charge in [0.2, 0.25) is 0 Å². The monoisotopic (exact) mass is 262 g/mol. The van der Waals surface area contributed by atoms with Gasteiger partial charge in [-0.1, -0.05) is 19.9 Å². The lowest BCUT2D eigenvalue weighted by Gasteiger charge is -2.32. The Morgan fingerprint density at radius 3 is 2.58 bits per heavy atom. The molecule has 0 amide bonds. The quantitative estimate of drug-likeness (QED) is 0.885. The molecule has 1 heterocycles. The van der Waals surface area contributed by atoms with E-state index in [2.05, 4.69) is 43.0 Å². The Labute approximate surface area is 116 Å². The van der Waals surface area contributed by atoms with Gasteiger partial charge >= 0.3 is 0 Å². The van der Waals surface area contributed by atoms with Crippen molar-refractivity contribution in [3.8, 4) is 5.75 Å². The molecule has 1 aliphatic heterocycles. The van der Waals surface area contributed by atoms with Crippen molar-refractivity contribution in [1.82, 2.24) is 0 Å². The van der Waals surface area contributed by atoms with Gasteiger partial charge in [0.1, 0.15) is 5.75 Å². The third kappa shape index (κ3) is 3.87. The Morgan fingerprint density at radius 2 is 1.95 bits per heavy atom. The van der Waals surface area contributed by atoms with Gasteiger partial charge in [-0.3, -0.25) is 0 Å². The van der Waals surface area contributed by atoms with E-state index < -0.39 is 0 Å². The first kappa shape index (κ1) is 14.2. The van der Waals surface area contributed by atoms with Gasteiger partial charge in [0.15, 0.2) is 0 Å². The van der Waals surface area contributed by atoms with E-state index in [0.717, 1.165) is 44.5 Å². The van der Waals surface area contributed by atoms with E-state index in [1.165, 1.54) is 5.69 Å². The van der Waals surface area contributed by atoms with Crippen LogP contribution in [0.1, 0.15) is 39.5 Å². The van der Waals surface area contributed by atoms with Crippen LogP contribution in [0, 0.1) is 0 Å². The van der Waals surface area contributed by atoms with Crippen LogP contribution < -0.4 is 15.4 Å². The molecule has 0 spiro atoms. The summed E-state index contributed by atoms with van der Waals surface area (Å²) < 4.78 is 6.01. The van der Waals surface area contributed by atoms with Gasteiger partial charge in [0.05, 0.1) is 6.10 Å². The molecule has 0 radical (unpaired) electrons. The van der Waals surface area contributed by atoms with Gasteiger partial charge in [-0.05, 0) is 37.8 Å². The van der Waals surface area contributed by atoms with Crippen LogP contribution in [0.3, 0.4) is 0 Å². The lowest BCUT2D eigenvalue weighted by atomic mass is 10.1. The van der Waals surface area contributed by atoms with E-state index >= 15 is 0 Å². The molecule has 19 heavy (non-hydrogen) atoms. The second kappa shape index (κ2) is 6.80. The first-order valence-corrected chi connectivity index (χ1v) is 7.50. The Hall–Kier alpha value is -1.22. The first-order valence-electron chi connectivity index (χ1n) is 7.50. The maximum atomic E-state index is 6.01. The van der Waals surface area contributed by atoms with Crippen molar-refractivity contribution in [3.05, 3.63) is 24.3 Å². The van der Waals surface area contributed by atoms with Crippen molar-refractivity contribution >= 4 is 5.69 Å². The molecular weight excluding hydrogens is 236 g/mol. The Balaban J connectivity index is 2.02. The summed E-state index contributed by atoms with van der Waals surface area (Å²) in [5, 5.41) is 0. The van der Waals surface area contributed by atoms with E-state index in [-0.39, 0.29) is 0 Å². The highest BCUT2D eigenvalue weighted by Crippen LogP contribution is 2.25. The summed E-state index contributed by atoms with van der Waals surface area (Å²) in [7, 11) is 0. The fraction of sp³-hybridized carbons (Fsp3) is 0.625. The molecule has 1 aliphatic rings. The molecule has 106 valence electrons. The summed E-state index contributed by atoms with van der Waals surface area (Å²) in [6, 6.07) is 8.84. The normalized spacial score (nSPS) is 16.9. The van der Waals surface area contributed by atoms with Crippen molar-refractivity contribution in [1.29, 1.82) is 0 Å². The van der Waals surface area contributed by atoms with Crippen LogP contribution in [0.15, 0.2) is 24.3 Å². The molecule has 1 aromatic rings. The van der Waals surface area contributed by atoms with Gasteiger partial charge in [-0.2, -0.15) is 0 Å². The smallest absolute Gasteiger partial charge is 0.121 e. The van der Waals surface area contributed by atoms with Crippen LogP contribution in [-0.4, -0.2) is 25.2 Å². The largest absolute Gasteiger partial charge is 0.490 e. The van der Waals surface area contributed by atoms with E-state index in [0.29, 0.717) is 12.1 Å². The number of nitrogens with two attached hydrogens (primary N) is 1. The minimum Gasteiger partial charge on any atom is -0.490 e. The highest BCUT2D eigenvalue weighted by Gasteiger charge is 2.16. The predicted molar refractivity (Wildman–Crippen MR) is 80.9 cm³/mol. The van der Waals surface area contributed by atoms with Crippen LogP contribution in [0.2, 0.25) is 0 Å². The van der Waals surface area contributed by atoms with Crippen molar-refractivity contribution in [3.63, 3.8) is 0 Å². The second-order valence-corrected chi connectivity index (χ2v) is 5.38. The summed E-state index contributed by atoms with van der Waals surface area (Å²) in [6.07, 6.45) is 4.60. The Kier molecular flexibility index (Phi) is 5.08. The molecule has 2 N–H and O–H groups in total. The fourth-order valence-corrected chi connectivity index (χ4v) is 2.56. The number of hydrogen-bond acceptors (Lipinski definition) is 3. The Morgan fingerprint density at radius 1 is 1.26 bits per heavy atom. The maximum absolute atomic E-state index is 6.01. The predicted octanol–water partition coefficient (Wildman–Crippen LogP) is 3.18. The van der Waals surface area contributed by atoms with Gasteiger partial charge in [0.25, 0.3) is 0 Å². The topological polar surface area (TPSA) is 38.5 Å². The Bertz CT molecular complexity index is 382. The lowest BCUT2D eigenvalue weighted by molar-refractivity contribution is 0.193. The van der Waals surface area contributed by atoms with Crippen molar-refractivity contribution in [2.45, 2.75) is 51.7 Å². The number of ether oxygens (including phenoxy) is 1. The van der Waals surface area contributed by atoms with Crippen LogP contribution >= 0.6 is 0 Å². The molecule has 0 bridgehead atoms. The molecule has 0 aliphatic carbocycles. The van der Waals surface area contributed by atoms with Gasteiger partial charge < -0.3 is 15.4 Å². The van der Waals surface area contributed by atoms with E-state index in [9.17, 15) is 0 Å². The molecule has 2 rings (SSSR count). The standard InChI is InChI=1S/C16H26N2O/c1-3-15(4-2)19-16-7-5-6-14(12-16)18-10-8-13(17)9-11-18/h5-7,12-13,15H,3-4,8-11,17H2,1-2H3. The molecule has 0 atom stereocenters. The number of anilines is 1. The summed E-state index contributed by atoms with van der Waals surface area (Å²) in [5.41, 5.74) is 7.22. The minimum absolute atomic E-state index is 0.324. The highest BCUT2D eigenvalue weighted by molar-refractivity contribution is 5.51. The van der Waals surface area contributed by atoms with Gasteiger partial charge in [0, 0.05) is 30.9 Å². The van der Waals surface area contributed by atoms with Crippen molar-refractivity contribution in [2.75, 3.05) is 18.0 Å². The summed E-state index contributed by atoms with van der Waals surface area (Å²) in [6.45, 7) is 6.44. The second-order valence-electron chi connectivity index (χ2n) is 5.38. The van der Waals surface area contributed by atoms with Crippen LogP contribution in [-0.2, 0) is 0 Å². The zero-order valence-corrected chi connectivity index (χ0v) is 12.1. The summed E-state index contributed by atoms with van der Waals surface area (Å²) >= 11 is 0.